The number of anilines is 1. The number of halogens is 1. The van der Waals surface area contributed by atoms with E-state index in [0.717, 1.165) is 0 Å². The minimum absolute atomic E-state index is 0.100. The molecule has 1 unspecified atom stereocenters. The molecule has 10 heteroatoms. The smallest absolute Gasteiger partial charge is 0.219 e. The molecule has 32 heavy (non-hydrogen) atoms. The summed E-state index contributed by atoms with van der Waals surface area (Å²) in [6, 6.07) is 10.3. The Morgan fingerprint density at radius 2 is 2.06 bits per heavy atom. The molecule has 7 nitrogen and oxygen atoms in total. The molecule has 2 heterocycles. The van der Waals surface area contributed by atoms with Gasteiger partial charge in [0, 0.05) is 23.3 Å². The lowest BCUT2D eigenvalue weighted by molar-refractivity contribution is -0.118. The van der Waals surface area contributed by atoms with Crippen LogP contribution in [0.15, 0.2) is 51.3 Å². The first kappa shape index (κ1) is 22.0. The van der Waals surface area contributed by atoms with E-state index in [2.05, 4.69) is 16.3 Å². The van der Waals surface area contributed by atoms with Gasteiger partial charge in [-0.3, -0.25) is 9.69 Å². The molecule has 0 saturated heterocycles. The standard InChI is InChI=1S/C22H19FN6OS2/c1-22(2)9-15-18(16(30)10-22)17(12-5-3-4-6-14(12)23)13(11-25)19(26)29(15)20-27-28-21(32-20)31-8-7-24/h3-6,17H,8-10,26H2,1-2H3. The van der Waals surface area contributed by atoms with E-state index in [-0.39, 0.29) is 40.3 Å². The van der Waals surface area contributed by atoms with Gasteiger partial charge in [0.1, 0.15) is 11.6 Å². The van der Waals surface area contributed by atoms with Gasteiger partial charge in [0.2, 0.25) is 5.13 Å². The first-order valence-electron chi connectivity index (χ1n) is 9.81. The number of Topliss-reactive ketones (excluding diaryl/α,β-unsaturated/α-hetero) is 1. The number of ketones is 1. The molecule has 162 valence electrons. The van der Waals surface area contributed by atoms with Crippen molar-refractivity contribution < 1.29 is 9.18 Å². The Morgan fingerprint density at radius 3 is 2.75 bits per heavy atom. The maximum atomic E-state index is 14.8. The molecule has 0 radical (unpaired) electrons. The van der Waals surface area contributed by atoms with Crippen LogP contribution in [0.25, 0.3) is 0 Å². The van der Waals surface area contributed by atoms with Crippen molar-refractivity contribution >= 4 is 34.0 Å². The minimum Gasteiger partial charge on any atom is -0.384 e. The van der Waals surface area contributed by atoms with Gasteiger partial charge < -0.3 is 5.73 Å². The van der Waals surface area contributed by atoms with Gasteiger partial charge in [0.05, 0.1) is 29.4 Å². The van der Waals surface area contributed by atoms with Crippen molar-refractivity contribution in [3.8, 4) is 12.1 Å². The quantitative estimate of drug-likeness (QED) is 0.665. The summed E-state index contributed by atoms with van der Waals surface area (Å²) in [5.74, 6) is -1.19. The van der Waals surface area contributed by atoms with E-state index in [9.17, 15) is 14.4 Å². The van der Waals surface area contributed by atoms with Crippen LogP contribution in [0.2, 0.25) is 0 Å². The molecule has 0 fully saturated rings. The van der Waals surface area contributed by atoms with Crippen molar-refractivity contribution in [1.29, 1.82) is 10.5 Å². The van der Waals surface area contributed by atoms with Crippen LogP contribution in [0.5, 0.6) is 0 Å². The average Bonchev–Trinajstić information content (AvgIpc) is 3.19. The van der Waals surface area contributed by atoms with Crippen LogP contribution < -0.4 is 10.6 Å². The van der Waals surface area contributed by atoms with E-state index in [0.29, 0.717) is 27.2 Å². The molecular formula is C22H19FN6OS2. The van der Waals surface area contributed by atoms with Gasteiger partial charge >= 0.3 is 0 Å². The minimum atomic E-state index is -0.878. The number of rotatable bonds is 4. The number of hydrogen-bond acceptors (Lipinski definition) is 9. The fourth-order valence-electron chi connectivity index (χ4n) is 4.19. The molecule has 2 aliphatic rings. The molecule has 4 rings (SSSR count). The van der Waals surface area contributed by atoms with E-state index < -0.39 is 11.7 Å². The summed E-state index contributed by atoms with van der Waals surface area (Å²) in [6.07, 6.45) is 0.779. The van der Waals surface area contributed by atoms with Crippen molar-refractivity contribution in [2.24, 2.45) is 11.1 Å². The van der Waals surface area contributed by atoms with Crippen LogP contribution in [-0.2, 0) is 4.79 Å². The molecule has 0 amide bonds. The molecule has 2 aromatic rings. The van der Waals surface area contributed by atoms with Gasteiger partial charge in [-0.05, 0) is 17.9 Å². The van der Waals surface area contributed by atoms with Crippen LogP contribution in [-0.4, -0.2) is 21.7 Å². The van der Waals surface area contributed by atoms with Crippen molar-refractivity contribution in [1.82, 2.24) is 10.2 Å². The second-order valence-electron chi connectivity index (χ2n) is 8.30. The second kappa shape index (κ2) is 8.38. The Morgan fingerprint density at radius 1 is 1.31 bits per heavy atom. The zero-order valence-corrected chi connectivity index (χ0v) is 19.1. The van der Waals surface area contributed by atoms with E-state index in [1.165, 1.54) is 29.2 Å². The molecule has 1 aromatic carbocycles. The van der Waals surface area contributed by atoms with Gasteiger partial charge in [-0.15, -0.1) is 10.2 Å². The van der Waals surface area contributed by atoms with Crippen molar-refractivity contribution in [3.63, 3.8) is 0 Å². The first-order valence-corrected chi connectivity index (χ1v) is 11.6. The number of aromatic nitrogens is 2. The predicted octanol–water partition coefficient (Wildman–Crippen LogP) is 4.23. The normalized spacial score (nSPS) is 20.1. The molecule has 2 N–H and O–H groups in total. The highest BCUT2D eigenvalue weighted by Gasteiger charge is 2.46. The van der Waals surface area contributed by atoms with Crippen LogP contribution in [0.3, 0.4) is 0 Å². The Bertz CT molecular complexity index is 1250. The first-order chi connectivity index (χ1) is 15.3. The number of allylic oxidation sites excluding steroid dienone is 3. The Kier molecular flexibility index (Phi) is 5.76. The topological polar surface area (TPSA) is 120 Å². The summed E-state index contributed by atoms with van der Waals surface area (Å²) < 4.78 is 15.4. The number of hydrogen-bond donors (Lipinski definition) is 1. The van der Waals surface area contributed by atoms with Crippen LogP contribution in [0.1, 0.15) is 38.2 Å². The summed E-state index contributed by atoms with van der Waals surface area (Å²) in [5, 5.41) is 27.6. The van der Waals surface area contributed by atoms with Gasteiger partial charge in [0.25, 0.3) is 0 Å². The zero-order valence-electron chi connectivity index (χ0n) is 17.4. The fourth-order valence-corrected chi connectivity index (χ4v) is 5.73. The van der Waals surface area contributed by atoms with Gasteiger partial charge in [-0.2, -0.15) is 10.5 Å². The molecule has 0 bridgehead atoms. The van der Waals surface area contributed by atoms with Crippen molar-refractivity contribution in [2.45, 2.75) is 36.9 Å². The lowest BCUT2D eigenvalue weighted by Gasteiger charge is -2.42. The molecular weight excluding hydrogens is 447 g/mol. The third-order valence-electron chi connectivity index (χ3n) is 5.44. The van der Waals surface area contributed by atoms with E-state index in [1.54, 1.807) is 23.1 Å². The van der Waals surface area contributed by atoms with Crippen molar-refractivity contribution in [3.05, 3.63) is 58.3 Å². The summed E-state index contributed by atoms with van der Waals surface area (Å²) in [7, 11) is 0. The van der Waals surface area contributed by atoms with Crippen LogP contribution in [0.4, 0.5) is 9.52 Å². The fraction of sp³-hybridized carbons (Fsp3) is 0.318. The number of thioether (sulfide) groups is 1. The number of carbonyl (C=O) groups excluding carboxylic acids is 1. The Balaban J connectivity index is 1.94. The second-order valence-corrected chi connectivity index (χ2v) is 10.5. The highest BCUT2D eigenvalue weighted by Crippen LogP contribution is 2.51. The largest absolute Gasteiger partial charge is 0.384 e. The SMILES string of the molecule is CC1(C)CC(=O)C2=C(C1)N(c1nnc(SCC#N)s1)C(N)=C(C#N)C2c1ccccc1F. The number of nitrogens with zero attached hydrogens (tertiary/aromatic N) is 5. The van der Waals surface area contributed by atoms with Crippen LogP contribution in [0, 0.1) is 33.9 Å². The van der Waals surface area contributed by atoms with Crippen molar-refractivity contribution in [2.75, 3.05) is 10.7 Å². The molecule has 0 spiro atoms. The van der Waals surface area contributed by atoms with E-state index in [1.807, 2.05) is 19.9 Å². The van der Waals surface area contributed by atoms with Gasteiger partial charge in [-0.1, -0.05) is 55.1 Å². The summed E-state index contributed by atoms with van der Waals surface area (Å²) in [6.45, 7) is 3.97. The zero-order chi connectivity index (χ0) is 23.0. The lowest BCUT2D eigenvalue weighted by atomic mass is 9.68. The molecule has 1 aliphatic carbocycles. The predicted molar refractivity (Wildman–Crippen MR) is 120 cm³/mol. The maximum absolute atomic E-state index is 14.8. The molecule has 1 aromatic heterocycles. The maximum Gasteiger partial charge on any atom is 0.219 e. The van der Waals surface area contributed by atoms with Crippen LogP contribution >= 0.6 is 23.1 Å². The van der Waals surface area contributed by atoms with E-state index >= 15 is 0 Å². The lowest BCUT2D eigenvalue weighted by Crippen LogP contribution is -2.42. The molecule has 1 aliphatic heterocycles. The Labute approximate surface area is 193 Å². The van der Waals surface area contributed by atoms with E-state index in [4.69, 9.17) is 11.0 Å². The summed E-state index contributed by atoms with van der Waals surface area (Å²) >= 11 is 2.47. The number of nitrogens with two attached hydrogens (primary N) is 1. The number of nitriles is 2. The highest BCUT2D eigenvalue weighted by molar-refractivity contribution is 8.01. The number of carbonyl (C=O) groups is 1. The monoisotopic (exact) mass is 466 g/mol. The average molecular weight is 467 g/mol. The summed E-state index contributed by atoms with van der Waals surface area (Å²) in [5.41, 5.74) is 7.48. The van der Waals surface area contributed by atoms with Gasteiger partial charge in [0.15, 0.2) is 10.1 Å². The third-order valence-corrected chi connectivity index (χ3v) is 7.35. The van der Waals surface area contributed by atoms with Gasteiger partial charge in [-0.25, -0.2) is 4.39 Å². The summed E-state index contributed by atoms with van der Waals surface area (Å²) in [4.78, 5) is 15.0. The number of benzene rings is 1. The highest BCUT2D eigenvalue weighted by atomic mass is 32.2. The molecule has 0 saturated carbocycles. The Hall–Kier alpha value is -3.21. The molecule has 1 atom stereocenters. The third kappa shape index (κ3) is 3.77.